The number of fused-ring (bicyclic) bond motifs is 1. The van der Waals surface area contributed by atoms with Crippen LogP contribution in [-0.2, 0) is 13.0 Å². The predicted molar refractivity (Wildman–Crippen MR) is 89.3 cm³/mol. The van der Waals surface area contributed by atoms with Crippen molar-refractivity contribution < 1.29 is 9.90 Å². The third kappa shape index (κ3) is 3.40. The number of aromatic nitrogens is 2. The Hall–Kier alpha value is -2.66. The molecule has 0 spiro atoms. The predicted octanol–water partition coefficient (Wildman–Crippen LogP) is 2.00. The first-order valence-electron chi connectivity index (χ1n) is 7.68. The van der Waals surface area contributed by atoms with Gasteiger partial charge >= 0.3 is 0 Å². The lowest BCUT2D eigenvalue weighted by molar-refractivity contribution is 0.0954. The van der Waals surface area contributed by atoms with Crippen LogP contribution in [0.3, 0.4) is 0 Å². The molecule has 0 aliphatic carbocycles. The number of carbonyl (C=O) groups excluding carboxylic acids is 1. The highest BCUT2D eigenvalue weighted by Crippen LogP contribution is 2.16. The molecule has 1 aromatic heterocycles. The fourth-order valence-corrected chi connectivity index (χ4v) is 2.65. The lowest BCUT2D eigenvalue weighted by atomic mass is 10.2. The molecule has 1 amide bonds. The number of amides is 1. The average molecular weight is 309 g/mol. The number of nitrogens with one attached hydrogen (secondary N) is 1. The van der Waals surface area contributed by atoms with Crippen molar-refractivity contribution >= 4 is 16.9 Å². The van der Waals surface area contributed by atoms with E-state index in [0.717, 1.165) is 16.9 Å². The lowest BCUT2D eigenvalue weighted by Crippen LogP contribution is -2.26. The molecule has 5 heteroatoms. The van der Waals surface area contributed by atoms with Crippen molar-refractivity contribution in [2.75, 3.05) is 13.2 Å². The summed E-state index contributed by atoms with van der Waals surface area (Å²) in [4.78, 5) is 16.6. The Morgan fingerprint density at radius 1 is 1.09 bits per heavy atom. The van der Waals surface area contributed by atoms with Crippen molar-refractivity contribution in [3.05, 3.63) is 66.0 Å². The van der Waals surface area contributed by atoms with Crippen LogP contribution in [0, 0.1) is 0 Å². The van der Waals surface area contributed by atoms with E-state index in [4.69, 9.17) is 0 Å². The Kier molecular flexibility index (Phi) is 4.68. The molecule has 0 fully saturated rings. The van der Waals surface area contributed by atoms with Gasteiger partial charge in [0, 0.05) is 25.1 Å². The third-order valence-corrected chi connectivity index (χ3v) is 3.73. The zero-order valence-corrected chi connectivity index (χ0v) is 12.8. The fourth-order valence-electron chi connectivity index (χ4n) is 2.65. The van der Waals surface area contributed by atoms with Gasteiger partial charge in [-0.15, -0.1) is 0 Å². The van der Waals surface area contributed by atoms with Crippen molar-refractivity contribution in [2.45, 2.75) is 13.0 Å². The van der Waals surface area contributed by atoms with Crippen molar-refractivity contribution in [3.8, 4) is 0 Å². The summed E-state index contributed by atoms with van der Waals surface area (Å²) in [6, 6.07) is 17.0. The summed E-state index contributed by atoms with van der Waals surface area (Å²) in [6.45, 7) is 1.06. The molecule has 0 unspecified atom stereocenters. The largest absolute Gasteiger partial charge is 0.395 e. The van der Waals surface area contributed by atoms with Crippen LogP contribution in [0.5, 0.6) is 0 Å². The van der Waals surface area contributed by atoms with Crippen LogP contribution in [0.25, 0.3) is 11.0 Å². The van der Waals surface area contributed by atoms with Crippen LogP contribution in [0.2, 0.25) is 0 Å². The molecule has 2 aromatic carbocycles. The second-order valence-electron chi connectivity index (χ2n) is 5.26. The highest BCUT2D eigenvalue weighted by molar-refractivity contribution is 5.94. The quantitative estimate of drug-likeness (QED) is 0.732. The van der Waals surface area contributed by atoms with E-state index in [1.165, 1.54) is 0 Å². The molecule has 0 saturated heterocycles. The van der Waals surface area contributed by atoms with Gasteiger partial charge < -0.3 is 15.0 Å². The topological polar surface area (TPSA) is 67.2 Å². The van der Waals surface area contributed by atoms with E-state index >= 15 is 0 Å². The third-order valence-electron chi connectivity index (χ3n) is 3.73. The van der Waals surface area contributed by atoms with Crippen molar-refractivity contribution in [1.29, 1.82) is 0 Å². The van der Waals surface area contributed by atoms with E-state index in [-0.39, 0.29) is 12.5 Å². The summed E-state index contributed by atoms with van der Waals surface area (Å²) in [7, 11) is 0. The second kappa shape index (κ2) is 7.07. The molecule has 0 bridgehead atoms. The van der Waals surface area contributed by atoms with E-state index in [1.807, 2.05) is 47.0 Å². The number of imidazole rings is 1. The second-order valence-corrected chi connectivity index (χ2v) is 5.26. The number of benzene rings is 2. The van der Waals surface area contributed by atoms with Gasteiger partial charge in [-0.25, -0.2) is 4.98 Å². The zero-order valence-electron chi connectivity index (χ0n) is 12.8. The summed E-state index contributed by atoms with van der Waals surface area (Å²) in [6.07, 6.45) is 0.618. The Bertz CT molecular complexity index is 796. The molecule has 23 heavy (non-hydrogen) atoms. The summed E-state index contributed by atoms with van der Waals surface area (Å²) in [5.74, 6) is 0.782. The highest BCUT2D eigenvalue weighted by atomic mass is 16.3. The summed E-state index contributed by atoms with van der Waals surface area (Å²) in [5.41, 5.74) is 2.56. The van der Waals surface area contributed by atoms with Crippen molar-refractivity contribution in [2.24, 2.45) is 0 Å². The standard InChI is InChI=1S/C18H19N3O2/c22-13-12-21-16-9-5-4-8-15(16)20-17(21)10-11-19-18(23)14-6-2-1-3-7-14/h1-9,22H,10-13H2,(H,19,23). The van der Waals surface area contributed by atoms with E-state index in [0.29, 0.717) is 25.1 Å². The van der Waals surface area contributed by atoms with Crippen molar-refractivity contribution in [3.63, 3.8) is 0 Å². The molecular weight excluding hydrogens is 290 g/mol. The molecule has 3 aromatic rings. The minimum absolute atomic E-state index is 0.0593. The number of rotatable bonds is 6. The Balaban J connectivity index is 1.69. The van der Waals surface area contributed by atoms with E-state index in [1.54, 1.807) is 12.1 Å². The normalized spacial score (nSPS) is 10.8. The number of hydrogen-bond donors (Lipinski definition) is 2. The van der Waals surface area contributed by atoms with Crippen LogP contribution < -0.4 is 5.32 Å². The first kappa shape index (κ1) is 15.2. The summed E-state index contributed by atoms with van der Waals surface area (Å²) < 4.78 is 2.00. The van der Waals surface area contributed by atoms with E-state index in [2.05, 4.69) is 10.3 Å². The number of aliphatic hydroxyl groups excluding tert-OH is 1. The number of nitrogens with zero attached hydrogens (tertiary/aromatic N) is 2. The smallest absolute Gasteiger partial charge is 0.251 e. The molecule has 0 aliphatic heterocycles. The Labute approximate surface area is 134 Å². The number of para-hydroxylation sites is 2. The summed E-state index contributed by atoms with van der Waals surface area (Å²) in [5, 5.41) is 12.2. The van der Waals surface area contributed by atoms with Crippen LogP contribution in [0.1, 0.15) is 16.2 Å². The minimum atomic E-state index is -0.0876. The van der Waals surface area contributed by atoms with E-state index < -0.39 is 0 Å². The van der Waals surface area contributed by atoms with Gasteiger partial charge in [-0.05, 0) is 24.3 Å². The summed E-state index contributed by atoms with van der Waals surface area (Å²) >= 11 is 0. The van der Waals surface area contributed by atoms with E-state index in [9.17, 15) is 9.90 Å². The maximum Gasteiger partial charge on any atom is 0.251 e. The molecule has 0 saturated carbocycles. The SMILES string of the molecule is O=C(NCCc1nc2ccccc2n1CCO)c1ccccc1. The molecule has 0 atom stereocenters. The van der Waals surface area contributed by atoms with Gasteiger partial charge in [-0.2, -0.15) is 0 Å². The molecule has 5 nitrogen and oxygen atoms in total. The highest BCUT2D eigenvalue weighted by Gasteiger charge is 2.10. The van der Waals surface area contributed by atoms with Gasteiger partial charge in [0.15, 0.2) is 0 Å². The van der Waals surface area contributed by atoms with Crippen LogP contribution >= 0.6 is 0 Å². The number of hydrogen-bond acceptors (Lipinski definition) is 3. The van der Waals surface area contributed by atoms with Gasteiger partial charge in [0.25, 0.3) is 5.91 Å². The maximum absolute atomic E-state index is 12.0. The van der Waals surface area contributed by atoms with Gasteiger partial charge in [-0.1, -0.05) is 30.3 Å². The zero-order chi connectivity index (χ0) is 16.1. The molecule has 0 aliphatic rings. The van der Waals surface area contributed by atoms with Gasteiger partial charge in [-0.3, -0.25) is 4.79 Å². The van der Waals surface area contributed by atoms with Crippen molar-refractivity contribution in [1.82, 2.24) is 14.9 Å². The first-order valence-corrected chi connectivity index (χ1v) is 7.68. The van der Waals surface area contributed by atoms with Gasteiger partial charge in [0.2, 0.25) is 0 Å². The molecule has 118 valence electrons. The minimum Gasteiger partial charge on any atom is -0.395 e. The van der Waals surface area contributed by atoms with Crippen LogP contribution in [0.15, 0.2) is 54.6 Å². The van der Waals surface area contributed by atoms with Crippen LogP contribution in [0.4, 0.5) is 0 Å². The van der Waals surface area contributed by atoms with Crippen LogP contribution in [-0.4, -0.2) is 33.7 Å². The monoisotopic (exact) mass is 309 g/mol. The molecular formula is C18H19N3O2. The molecule has 2 N–H and O–H groups in total. The number of aliphatic hydroxyl groups is 1. The molecule has 3 rings (SSSR count). The van der Waals surface area contributed by atoms with Gasteiger partial charge in [0.1, 0.15) is 5.82 Å². The Morgan fingerprint density at radius 3 is 2.61 bits per heavy atom. The molecule has 1 heterocycles. The Morgan fingerprint density at radius 2 is 1.83 bits per heavy atom. The first-order chi connectivity index (χ1) is 11.3. The molecule has 0 radical (unpaired) electrons. The lowest BCUT2D eigenvalue weighted by Gasteiger charge is -2.08. The maximum atomic E-state index is 12.0. The average Bonchev–Trinajstić information content (AvgIpc) is 2.94. The van der Waals surface area contributed by atoms with Gasteiger partial charge in [0.05, 0.1) is 17.6 Å². The number of carbonyl (C=O) groups is 1. The fraction of sp³-hybridized carbons (Fsp3) is 0.222.